The molecule has 0 saturated carbocycles. The van der Waals surface area contributed by atoms with Crippen LogP contribution in [-0.4, -0.2) is 0 Å². The summed E-state index contributed by atoms with van der Waals surface area (Å²) in [5.74, 6) is 0. The van der Waals surface area contributed by atoms with Gasteiger partial charge in [-0.15, -0.1) is 0 Å². The fourth-order valence-corrected chi connectivity index (χ4v) is 10.0. The zero-order valence-electron chi connectivity index (χ0n) is 34.4. The minimum absolute atomic E-state index is 0.151. The number of nitrogens with zero attached hydrogens (tertiary/aromatic N) is 2. The van der Waals surface area contributed by atoms with E-state index in [2.05, 4.69) is 167 Å². The Labute approximate surface area is 349 Å². The maximum absolute atomic E-state index is 9.29. The second kappa shape index (κ2) is 14.7. The van der Waals surface area contributed by atoms with Gasteiger partial charge in [0, 0.05) is 5.41 Å². The third-order valence-corrected chi connectivity index (χ3v) is 12.8. The lowest BCUT2D eigenvalue weighted by atomic mass is 9.68. The molecule has 4 aliphatic carbocycles. The SMILES string of the molecule is Cc1ccc(C#N)cc1.Cc1ccc2c(c1)C(C)(C)c1ccccc1-2.Cc1ccc2c(c1)C1(C3=C(C=CCC3)c3ccccc31)c1cccc(-c3ccc(C#N)cc3)c1-2. The lowest BCUT2D eigenvalue weighted by molar-refractivity contribution is 0.660. The maximum atomic E-state index is 9.29. The third-order valence-electron chi connectivity index (χ3n) is 12.8. The first-order valence-corrected chi connectivity index (χ1v) is 20.6. The Morgan fingerprint density at radius 2 is 1.02 bits per heavy atom. The van der Waals surface area contributed by atoms with Crippen molar-refractivity contribution in [2.24, 2.45) is 0 Å². The van der Waals surface area contributed by atoms with Crippen molar-refractivity contribution in [3.8, 4) is 45.5 Å². The Morgan fingerprint density at radius 1 is 0.475 bits per heavy atom. The van der Waals surface area contributed by atoms with E-state index in [0.717, 1.165) is 24.0 Å². The van der Waals surface area contributed by atoms with Crippen molar-refractivity contribution in [2.45, 2.75) is 58.3 Å². The van der Waals surface area contributed by atoms with Crippen molar-refractivity contribution in [1.29, 1.82) is 10.5 Å². The van der Waals surface area contributed by atoms with Crippen LogP contribution in [0.4, 0.5) is 0 Å². The minimum Gasteiger partial charge on any atom is -0.192 e. The van der Waals surface area contributed by atoms with Crippen molar-refractivity contribution >= 4 is 5.57 Å². The molecular weight excluding hydrogens is 713 g/mol. The minimum atomic E-state index is -0.240. The van der Waals surface area contributed by atoms with Crippen molar-refractivity contribution in [3.63, 3.8) is 0 Å². The Hall–Kier alpha value is -7.00. The van der Waals surface area contributed by atoms with Crippen LogP contribution in [0, 0.1) is 43.4 Å². The van der Waals surface area contributed by atoms with Gasteiger partial charge in [-0.2, -0.15) is 10.5 Å². The molecule has 0 saturated heterocycles. The lowest BCUT2D eigenvalue weighted by Gasteiger charge is -2.33. The van der Waals surface area contributed by atoms with E-state index in [0.29, 0.717) is 5.56 Å². The molecule has 0 aliphatic heterocycles. The standard InChI is InChI=1S/C33H23N.C16H16.C8H7N/c1-21-13-18-27-31(19-21)33(28-10-4-2-7-25(28)26-8-3-5-11-29(26)33)30-12-6-9-24(32(27)30)23-16-14-22(20-34)15-17-23;1-11-8-9-13-12-6-4-5-7-14(12)16(2,3)15(13)10-11;1-7-2-4-8(6-9)5-3-7/h2-4,6-10,12-19H,5,11H2,1H3;4-10H,1-3H3;2-5H,1H3. The van der Waals surface area contributed by atoms with Crippen LogP contribution in [0.25, 0.3) is 39.0 Å². The predicted octanol–water partition coefficient (Wildman–Crippen LogP) is 14.1. The molecule has 2 nitrogen and oxygen atoms in total. The molecule has 0 amide bonds. The van der Waals surface area contributed by atoms with Gasteiger partial charge >= 0.3 is 0 Å². The molecule has 0 aromatic heterocycles. The predicted molar refractivity (Wildman–Crippen MR) is 243 cm³/mol. The van der Waals surface area contributed by atoms with Gasteiger partial charge in [0.15, 0.2) is 0 Å². The smallest absolute Gasteiger partial charge is 0.0991 e. The number of allylic oxidation sites excluding steroid dienone is 4. The number of benzene rings is 7. The fourth-order valence-electron chi connectivity index (χ4n) is 10.0. The highest BCUT2D eigenvalue weighted by atomic mass is 14.5. The molecule has 11 rings (SSSR count). The molecule has 59 heavy (non-hydrogen) atoms. The summed E-state index contributed by atoms with van der Waals surface area (Å²) in [6, 6.07) is 58.2. The van der Waals surface area contributed by atoms with Gasteiger partial charge in [0.1, 0.15) is 0 Å². The molecular formula is C57H46N2. The summed E-state index contributed by atoms with van der Waals surface area (Å²) in [7, 11) is 0. The second-order valence-corrected chi connectivity index (χ2v) is 16.8. The van der Waals surface area contributed by atoms with Gasteiger partial charge in [-0.3, -0.25) is 0 Å². The molecule has 1 atom stereocenters. The summed E-state index contributed by atoms with van der Waals surface area (Å²) in [6.07, 6.45) is 6.84. The van der Waals surface area contributed by atoms with Crippen molar-refractivity contribution in [2.75, 3.05) is 0 Å². The Kier molecular flexibility index (Phi) is 9.39. The van der Waals surface area contributed by atoms with E-state index in [1.807, 2.05) is 43.3 Å². The molecule has 284 valence electrons. The van der Waals surface area contributed by atoms with Crippen LogP contribution in [0.5, 0.6) is 0 Å². The first-order chi connectivity index (χ1) is 28.7. The summed E-state index contributed by atoms with van der Waals surface area (Å²) in [5.41, 5.74) is 24.5. The highest BCUT2D eigenvalue weighted by molar-refractivity contribution is 6.01. The molecule has 1 unspecified atom stereocenters. The molecule has 4 aliphatic rings. The number of nitriles is 2. The van der Waals surface area contributed by atoms with Gasteiger partial charge in [0.25, 0.3) is 0 Å². The summed E-state index contributed by atoms with van der Waals surface area (Å²) in [6.45, 7) is 11.0. The zero-order chi connectivity index (χ0) is 40.9. The molecule has 0 fully saturated rings. The highest BCUT2D eigenvalue weighted by Crippen LogP contribution is 2.64. The molecule has 0 radical (unpaired) electrons. The number of hydrogen-bond donors (Lipinski definition) is 0. The van der Waals surface area contributed by atoms with E-state index >= 15 is 0 Å². The van der Waals surface area contributed by atoms with Gasteiger partial charge in [-0.1, -0.05) is 170 Å². The molecule has 0 bridgehead atoms. The maximum Gasteiger partial charge on any atom is 0.0991 e. The first kappa shape index (κ1) is 37.6. The largest absolute Gasteiger partial charge is 0.192 e. The number of rotatable bonds is 1. The van der Waals surface area contributed by atoms with E-state index in [1.54, 1.807) is 5.57 Å². The van der Waals surface area contributed by atoms with Crippen molar-refractivity contribution in [1.82, 2.24) is 0 Å². The van der Waals surface area contributed by atoms with Gasteiger partial charge in [0.05, 0.1) is 28.7 Å². The van der Waals surface area contributed by atoms with Gasteiger partial charge in [0.2, 0.25) is 0 Å². The number of aryl methyl sites for hydroxylation is 3. The second-order valence-electron chi connectivity index (χ2n) is 16.8. The number of hydrogen-bond acceptors (Lipinski definition) is 2. The first-order valence-electron chi connectivity index (χ1n) is 20.6. The van der Waals surface area contributed by atoms with E-state index in [4.69, 9.17) is 5.26 Å². The van der Waals surface area contributed by atoms with Gasteiger partial charge < -0.3 is 0 Å². The summed E-state index contributed by atoms with van der Waals surface area (Å²) >= 11 is 0. The Morgan fingerprint density at radius 3 is 1.71 bits per heavy atom. The molecule has 7 aromatic rings. The van der Waals surface area contributed by atoms with Gasteiger partial charge in [-0.25, -0.2) is 0 Å². The van der Waals surface area contributed by atoms with Gasteiger partial charge in [-0.05, 0) is 136 Å². The number of fused-ring (bicyclic) bond motifs is 12. The fraction of sp³-hybridized carbons (Fsp3) is 0.158. The topological polar surface area (TPSA) is 47.6 Å². The molecule has 7 aromatic carbocycles. The van der Waals surface area contributed by atoms with Crippen LogP contribution in [0.15, 0.2) is 169 Å². The van der Waals surface area contributed by atoms with Crippen LogP contribution >= 0.6 is 0 Å². The molecule has 2 heteroatoms. The zero-order valence-corrected chi connectivity index (χ0v) is 34.4. The van der Waals surface area contributed by atoms with E-state index in [-0.39, 0.29) is 10.8 Å². The van der Waals surface area contributed by atoms with Crippen molar-refractivity contribution < 1.29 is 0 Å². The summed E-state index contributed by atoms with van der Waals surface area (Å²) < 4.78 is 0. The lowest BCUT2D eigenvalue weighted by Crippen LogP contribution is -2.27. The van der Waals surface area contributed by atoms with Crippen molar-refractivity contribution in [3.05, 3.63) is 231 Å². The average molecular weight is 759 g/mol. The van der Waals surface area contributed by atoms with Crippen LogP contribution in [-0.2, 0) is 10.8 Å². The average Bonchev–Trinajstić information content (AvgIpc) is 3.82. The van der Waals surface area contributed by atoms with Crippen LogP contribution in [0.3, 0.4) is 0 Å². The Bertz CT molecular complexity index is 2940. The quantitative estimate of drug-likeness (QED) is 0.167. The summed E-state index contributed by atoms with van der Waals surface area (Å²) in [5, 5.41) is 17.7. The van der Waals surface area contributed by atoms with E-state index < -0.39 is 0 Å². The molecule has 0 N–H and O–H groups in total. The van der Waals surface area contributed by atoms with Crippen LogP contribution < -0.4 is 0 Å². The monoisotopic (exact) mass is 758 g/mol. The molecule has 1 spiro atoms. The highest BCUT2D eigenvalue weighted by Gasteiger charge is 2.53. The van der Waals surface area contributed by atoms with E-state index in [9.17, 15) is 5.26 Å². The van der Waals surface area contributed by atoms with Crippen LogP contribution in [0.1, 0.15) is 87.9 Å². The Balaban J connectivity index is 0.000000147. The third kappa shape index (κ3) is 6.07. The normalized spacial score (nSPS) is 16.5. The van der Waals surface area contributed by atoms with Crippen LogP contribution in [0.2, 0.25) is 0 Å². The summed E-state index contributed by atoms with van der Waals surface area (Å²) in [4.78, 5) is 0. The van der Waals surface area contributed by atoms with E-state index in [1.165, 1.54) is 83.5 Å². The molecule has 0 heterocycles.